The van der Waals surface area contributed by atoms with Gasteiger partial charge >= 0.3 is 6.18 Å². The zero-order valence-electron chi connectivity index (χ0n) is 7.97. The van der Waals surface area contributed by atoms with Crippen molar-refractivity contribution in [1.29, 1.82) is 0 Å². The van der Waals surface area contributed by atoms with E-state index in [-0.39, 0.29) is 5.92 Å². The molecule has 0 spiro atoms. The monoisotopic (exact) mass is 240 g/mol. The highest BCUT2D eigenvalue weighted by Gasteiger charge is 2.40. The molecule has 0 aromatic rings. The first-order valence-corrected chi connectivity index (χ1v) is 5.77. The second-order valence-electron chi connectivity index (χ2n) is 3.48. The SMILES string of the molecule is O=C(CC(=O)C(F)(F)F)C1CCCSC1. The molecule has 0 radical (unpaired) electrons. The molecule has 1 saturated heterocycles. The van der Waals surface area contributed by atoms with E-state index in [1.165, 1.54) is 0 Å². The fraction of sp³-hybridized carbons (Fsp3) is 0.778. The zero-order chi connectivity index (χ0) is 11.5. The minimum absolute atomic E-state index is 0.366. The molecule has 15 heavy (non-hydrogen) atoms. The Hall–Kier alpha value is -0.520. The van der Waals surface area contributed by atoms with Gasteiger partial charge in [-0.25, -0.2) is 0 Å². The molecule has 1 heterocycles. The van der Waals surface area contributed by atoms with Crippen LogP contribution in [0.4, 0.5) is 13.2 Å². The van der Waals surface area contributed by atoms with E-state index in [4.69, 9.17) is 0 Å². The van der Waals surface area contributed by atoms with Crippen molar-refractivity contribution in [2.24, 2.45) is 5.92 Å². The quantitative estimate of drug-likeness (QED) is 0.709. The Bertz CT molecular complexity index is 257. The van der Waals surface area contributed by atoms with Gasteiger partial charge in [-0.05, 0) is 18.6 Å². The van der Waals surface area contributed by atoms with Crippen molar-refractivity contribution in [2.75, 3.05) is 11.5 Å². The lowest BCUT2D eigenvalue weighted by Gasteiger charge is -2.19. The number of hydrogen-bond donors (Lipinski definition) is 0. The van der Waals surface area contributed by atoms with Crippen LogP contribution in [0.5, 0.6) is 0 Å². The fourth-order valence-electron chi connectivity index (χ4n) is 1.40. The molecule has 0 aliphatic carbocycles. The highest BCUT2D eigenvalue weighted by molar-refractivity contribution is 7.99. The second-order valence-corrected chi connectivity index (χ2v) is 4.63. The van der Waals surface area contributed by atoms with Gasteiger partial charge in [0.1, 0.15) is 5.78 Å². The Morgan fingerprint density at radius 1 is 1.33 bits per heavy atom. The number of hydrogen-bond acceptors (Lipinski definition) is 3. The average molecular weight is 240 g/mol. The highest BCUT2D eigenvalue weighted by atomic mass is 32.2. The standard InChI is InChI=1S/C9H11F3O2S/c10-9(11,12)8(14)4-7(13)6-2-1-3-15-5-6/h6H,1-5H2. The first kappa shape index (κ1) is 12.5. The summed E-state index contributed by atoms with van der Waals surface area (Å²) in [7, 11) is 0. The maximum absolute atomic E-state index is 11.9. The molecular formula is C9H11F3O2S. The van der Waals surface area contributed by atoms with Crippen LogP contribution in [-0.2, 0) is 9.59 Å². The molecule has 1 rings (SSSR count). The van der Waals surface area contributed by atoms with Gasteiger partial charge in [0, 0.05) is 11.7 Å². The Balaban J connectivity index is 2.44. The van der Waals surface area contributed by atoms with Crippen molar-refractivity contribution in [3.05, 3.63) is 0 Å². The maximum atomic E-state index is 11.9. The van der Waals surface area contributed by atoms with Crippen LogP contribution in [0.25, 0.3) is 0 Å². The van der Waals surface area contributed by atoms with E-state index in [9.17, 15) is 22.8 Å². The Morgan fingerprint density at radius 3 is 2.47 bits per heavy atom. The van der Waals surface area contributed by atoms with E-state index in [0.29, 0.717) is 12.2 Å². The van der Waals surface area contributed by atoms with E-state index in [1.54, 1.807) is 11.8 Å². The predicted molar refractivity (Wildman–Crippen MR) is 50.7 cm³/mol. The van der Waals surface area contributed by atoms with Crippen LogP contribution in [0.2, 0.25) is 0 Å². The van der Waals surface area contributed by atoms with Crippen molar-refractivity contribution in [3.63, 3.8) is 0 Å². The predicted octanol–water partition coefficient (Wildman–Crippen LogP) is 2.22. The van der Waals surface area contributed by atoms with E-state index in [1.807, 2.05) is 0 Å². The molecule has 0 amide bonds. The minimum atomic E-state index is -4.88. The van der Waals surface area contributed by atoms with Crippen molar-refractivity contribution in [1.82, 2.24) is 0 Å². The summed E-state index contributed by atoms with van der Waals surface area (Å²) in [6.07, 6.45) is -4.43. The first-order valence-electron chi connectivity index (χ1n) is 4.61. The topological polar surface area (TPSA) is 34.1 Å². The molecule has 6 heteroatoms. The van der Waals surface area contributed by atoms with Crippen LogP contribution in [0.1, 0.15) is 19.3 Å². The third-order valence-electron chi connectivity index (χ3n) is 2.27. The molecule has 1 aliphatic heterocycles. The summed E-state index contributed by atoms with van der Waals surface area (Å²) in [5.74, 6) is -1.37. The van der Waals surface area contributed by atoms with Gasteiger partial charge in [0.25, 0.3) is 0 Å². The van der Waals surface area contributed by atoms with Crippen LogP contribution in [0, 0.1) is 5.92 Å². The molecule has 1 fully saturated rings. The number of carbonyl (C=O) groups excluding carboxylic acids is 2. The summed E-state index contributed by atoms with van der Waals surface area (Å²) in [4.78, 5) is 21.9. The fourth-order valence-corrected chi connectivity index (χ4v) is 2.57. The van der Waals surface area contributed by atoms with Gasteiger partial charge in [-0.15, -0.1) is 0 Å². The van der Waals surface area contributed by atoms with Gasteiger partial charge in [-0.3, -0.25) is 9.59 Å². The van der Waals surface area contributed by atoms with Gasteiger partial charge < -0.3 is 0 Å². The van der Waals surface area contributed by atoms with Crippen molar-refractivity contribution < 1.29 is 22.8 Å². The molecule has 86 valence electrons. The number of halogens is 3. The van der Waals surface area contributed by atoms with Gasteiger partial charge in [-0.1, -0.05) is 0 Å². The normalized spacial score (nSPS) is 22.5. The number of ketones is 2. The van der Waals surface area contributed by atoms with Gasteiger partial charge in [0.2, 0.25) is 5.78 Å². The molecule has 0 N–H and O–H groups in total. The largest absolute Gasteiger partial charge is 0.450 e. The van der Waals surface area contributed by atoms with Gasteiger partial charge in [0.05, 0.1) is 6.42 Å². The third kappa shape index (κ3) is 3.85. The zero-order valence-corrected chi connectivity index (χ0v) is 8.79. The number of carbonyl (C=O) groups is 2. The first-order chi connectivity index (χ1) is 6.91. The Labute approximate surface area is 89.6 Å². The van der Waals surface area contributed by atoms with Crippen LogP contribution in [0.15, 0.2) is 0 Å². The number of Topliss-reactive ketones (excluding diaryl/α,β-unsaturated/α-hetero) is 2. The van der Waals surface area contributed by atoms with E-state index >= 15 is 0 Å². The summed E-state index contributed by atoms with van der Waals surface area (Å²) in [5.41, 5.74) is 0. The molecule has 1 unspecified atom stereocenters. The average Bonchev–Trinajstić information content (AvgIpc) is 2.17. The van der Waals surface area contributed by atoms with Crippen LogP contribution in [-0.4, -0.2) is 29.2 Å². The minimum Gasteiger partial charge on any atom is -0.299 e. The molecule has 1 atom stereocenters. The molecule has 0 aromatic carbocycles. The lowest BCUT2D eigenvalue weighted by molar-refractivity contribution is -0.172. The smallest absolute Gasteiger partial charge is 0.299 e. The van der Waals surface area contributed by atoms with Crippen molar-refractivity contribution in [3.8, 4) is 0 Å². The van der Waals surface area contributed by atoms with Gasteiger partial charge in [0.15, 0.2) is 0 Å². The second kappa shape index (κ2) is 5.01. The van der Waals surface area contributed by atoms with E-state index < -0.39 is 24.2 Å². The molecule has 0 bridgehead atoms. The summed E-state index contributed by atoms with van der Waals surface area (Å²) < 4.78 is 35.6. The summed E-state index contributed by atoms with van der Waals surface area (Å²) in [6, 6.07) is 0. The molecule has 0 saturated carbocycles. The number of alkyl halides is 3. The van der Waals surface area contributed by atoms with Gasteiger partial charge in [-0.2, -0.15) is 24.9 Å². The number of rotatable bonds is 3. The van der Waals surface area contributed by atoms with Crippen molar-refractivity contribution in [2.45, 2.75) is 25.4 Å². The van der Waals surface area contributed by atoms with Crippen molar-refractivity contribution >= 4 is 23.3 Å². The summed E-state index contributed by atoms with van der Waals surface area (Å²) in [6.45, 7) is 0. The molecule has 1 aliphatic rings. The highest BCUT2D eigenvalue weighted by Crippen LogP contribution is 2.26. The molecule has 2 nitrogen and oxygen atoms in total. The lowest BCUT2D eigenvalue weighted by Crippen LogP contribution is -2.29. The maximum Gasteiger partial charge on any atom is 0.450 e. The number of thioether (sulfide) groups is 1. The molecular weight excluding hydrogens is 229 g/mol. The van der Waals surface area contributed by atoms with E-state index in [2.05, 4.69) is 0 Å². The Kier molecular flexibility index (Phi) is 4.19. The Morgan fingerprint density at radius 2 is 2.00 bits per heavy atom. The molecule has 0 aromatic heterocycles. The van der Waals surface area contributed by atoms with Crippen LogP contribution in [0.3, 0.4) is 0 Å². The van der Waals surface area contributed by atoms with E-state index in [0.717, 1.165) is 12.2 Å². The summed E-state index contributed by atoms with van der Waals surface area (Å²) >= 11 is 1.55. The summed E-state index contributed by atoms with van der Waals surface area (Å²) in [5, 5.41) is 0. The lowest BCUT2D eigenvalue weighted by atomic mass is 9.96. The van der Waals surface area contributed by atoms with Crippen LogP contribution >= 0.6 is 11.8 Å². The third-order valence-corrected chi connectivity index (χ3v) is 3.48. The van der Waals surface area contributed by atoms with Crippen LogP contribution < -0.4 is 0 Å².